The van der Waals surface area contributed by atoms with Crippen LogP contribution < -0.4 is 10.9 Å². The number of rotatable bonds is 5. The molecule has 6 heteroatoms. The smallest absolute Gasteiger partial charge is 0.267 e. The normalized spacial score (nSPS) is 16.8. The van der Waals surface area contributed by atoms with Crippen molar-refractivity contribution in [2.45, 2.75) is 39.3 Å². The molecule has 1 atom stereocenters. The van der Waals surface area contributed by atoms with Gasteiger partial charge in [-0.1, -0.05) is 23.8 Å². The summed E-state index contributed by atoms with van der Waals surface area (Å²) in [4.78, 5) is 24.1. The summed E-state index contributed by atoms with van der Waals surface area (Å²) in [6.07, 6.45) is 2.07. The van der Waals surface area contributed by atoms with Gasteiger partial charge in [0.05, 0.1) is 11.8 Å². The fourth-order valence-corrected chi connectivity index (χ4v) is 3.03. The van der Waals surface area contributed by atoms with Crippen LogP contribution in [0.25, 0.3) is 11.3 Å². The van der Waals surface area contributed by atoms with Crippen LogP contribution in [-0.4, -0.2) is 34.9 Å². The van der Waals surface area contributed by atoms with Crippen LogP contribution in [-0.2, 0) is 16.1 Å². The molecule has 1 aliphatic rings. The van der Waals surface area contributed by atoms with Crippen LogP contribution in [0.3, 0.4) is 0 Å². The number of benzene rings is 1. The summed E-state index contributed by atoms with van der Waals surface area (Å²) < 4.78 is 6.69. The summed E-state index contributed by atoms with van der Waals surface area (Å²) in [5.41, 5.74) is 3.60. The van der Waals surface area contributed by atoms with E-state index in [4.69, 9.17) is 4.74 Å². The highest BCUT2D eigenvalue weighted by molar-refractivity contribution is 5.75. The van der Waals surface area contributed by atoms with Gasteiger partial charge in [-0.25, -0.2) is 4.68 Å². The lowest BCUT2D eigenvalue weighted by molar-refractivity contribution is -0.122. The van der Waals surface area contributed by atoms with Crippen molar-refractivity contribution in [3.63, 3.8) is 0 Å². The molecule has 1 unspecified atom stereocenters. The minimum atomic E-state index is -0.291. The van der Waals surface area contributed by atoms with Crippen molar-refractivity contribution in [2.24, 2.45) is 0 Å². The SMILES string of the molecule is Cc1ccc(-c2ccc(=O)n(CC(=O)NCC3CCCO3)n2)c(C)c1. The lowest BCUT2D eigenvalue weighted by Crippen LogP contribution is -2.37. The lowest BCUT2D eigenvalue weighted by Gasteiger charge is -2.12. The number of aryl methyl sites for hydroxylation is 2. The van der Waals surface area contributed by atoms with E-state index in [2.05, 4.69) is 16.5 Å². The molecule has 0 saturated carbocycles. The van der Waals surface area contributed by atoms with Crippen molar-refractivity contribution < 1.29 is 9.53 Å². The summed E-state index contributed by atoms with van der Waals surface area (Å²) in [5, 5.41) is 7.18. The summed E-state index contributed by atoms with van der Waals surface area (Å²) >= 11 is 0. The molecule has 3 rings (SSSR count). The van der Waals surface area contributed by atoms with Crippen molar-refractivity contribution in [1.29, 1.82) is 0 Å². The van der Waals surface area contributed by atoms with Crippen molar-refractivity contribution >= 4 is 5.91 Å². The molecule has 2 aromatic rings. The molecule has 1 fully saturated rings. The molecule has 1 N–H and O–H groups in total. The third-order valence-electron chi connectivity index (χ3n) is 4.37. The summed E-state index contributed by atoms with van der Waals surface area (Å²) in [7, 11) is 0. The van der Waals surface area contributed by atoms with E-state index in [0.29, 0.717) is 12.2 Å². The molecule has 0 radical (unpaired) electrons. The molecule has 25 heavy (non-hydrogen) atoms. The summed E-state index contributed by atoms with van der Waals surface area (Å²) in [6.45, 7) is 5.17. The highest BCUT2D eigenvalue weighted by Crippen LogP contribution is 2.21. The molecular formula is C19H23N3O3. The Hall–Kier alpha value is -2.47. The van der Waals surface area contributed by atoms with Gasteiger partial charge in [0.25, 0.3) is 5.56 Å². The zero-order valence-corrected chi connectivity index (χ0v) is 14.6. The number of aromatic nitrogens is 2. The Bertz CT molecular complexity index is 823. The first-order chi connectivity index (χ1) is 12.0. The number of carbonyl (C=O) groups excluding carboxylic acids is 1. The van der Waals surface area contributed by atoms with Crippen molar-refractivity contribution in [1.82, 2.24) is 15.1 Å². The van der Waals surface area contributed by atoms with Gasteiger partial charge in [0.15, 0.2) is 0 Å². The topological polar surface area (TPSA) is 73.2 Å². The molecule has 1 amide bonds. The first-order valence-electron chi connectivity index (χ1n) is 8.57. The van der Waals surface area contributed by atoms with E-state index in [1.165, 1.54) is 16.3 Å². The second-order valence-electron chi connectivity index (χ2n) is 6.47. The van der Waals surface area contributed by atoms with Crippen molar-refractivity contribution in [3.05, 3.63) is 51.8 Å². The molecule has 2 heterocycles. The van der Waals surface area contributed by atoms with Gasteiger partial charge in [-0.05, 0) is 38.3 Å². The zero-order valence-electron chi connectivity index (χ0n) is 14.6. The average Bonchev–Trinajstić information content (AvgIpc) is 3.09. The fourth-order valence-electron chi connectivity index (χ4n) is 3.03. The Balaban J connectivity index is 1.72. The van der Waals surface area contributed by atoms with Gasteiger partial charge in [-0.2, -0.15) is 5.10 Å². The summed E-state index contributed by atoms with van der Waals surface area (Å²) in [5.74, 6) is -0.233. The zero-order chi connectivity index (χ0) is 17.8. The standard InChI is InChI=1S/C19H23N3O3/c1-13-5-6-16(14(2)10-13)17-7-8-19(24)22(21-17)12-18(23)20-11-15-4-3-9-25-15/h5-8,10,15H,3-4,9,11-12H2,1-2H3,(H,20,23). The molecule has 132 valence electrons. The number of nitrogens with zero attached hydrogens (tertiary/aromatic N) is 2. The van der Waals surface area contributed by atoms with Crippen LogP contribution in [0.15, 0.2) is 35.1 Å². The number of ether oxygens (including phenoxy) is 1. The van der Waals surface area contributed by atoms with Crippen LogP contribution in [0.1, 0.15) is 24.0 Å². The Morgan fingerprint density at radius 3 is 2.88 bits per heavy atom. The molecule has 0 spiro atoms. The third kappa shape index (κ3) is 4.33. The van der Waals surface area contributed by atoms with E-state index in [1.807, 2.05) is 26.0 Å². The van der Waals surface area contributed by atoms with Crippen molar-refractivity contribution in [2.75, 3.05) is 13.2 Å². The van der Waals surface area contributed by atoms with Gasteiger partial charge in [-0.3, -0.25) is 9.59 Å². The summed E-state index contributed by atoms with van der Waals surface area (Å²) in [6, 6.07) is 9.21. The molecule has 6 nitrogen and oxygen atoms in total. The predicted octanol–water partition coefficient (Wildman–Crippen LogP) is 1.82. The minimum Gasteiger partial charge on any atom is -0.376 e. The van der Waals surface area contributed by atoms with Gasteiger partial charge >= 0.3 is 0 Å². The average molecular weight is 341 g/mol. The maximum absolute atomic E-state index is 12.1. The largest absolute Gasteiger partial charge is 0.376 e. The van der Waals surface area contributed by atoms with E-state index < -0.39 is 0 Å². The third-order valence-corrected chi connectivity index (χ3v) is 4.37. The van der Waals surface area contributed by atoms with Gasteiger partial charge < -0.3 is 10.1 Å². The fraction of sp³-hybridized carbons (Fsp3) is 0.421. The van der Waals surface area contributed by atoms with Crippen molar-refractivity contribution in [3.8, 4) is 11.3 Å². The minimum absolute atomic E-state index is 0.0789. The first kappa shape index (κ1) is 17.4. The van der Waals surface area contributed by atoms with Gasteiger partial charge in [-0.15, -0.1) is 0 Å². The molecule has 1 aliphatic heterocycles. The van der Waals surface area contributed by atoms with Crippen LogP contribution in [0, 0.1) is 13.8 Å². The molecule has 1 aromatic carbocycles. The first-order valence-corrected chi connectivity index (χ1v) is 8.57. The Morgan fingerprint density at radius 2 is 2.16 bits per heavy atom. The number of nitrogens with one attached hydrogen (secondary N) is 1. The van der Waals surface area contributed by atoms with E-state index in [-0.39, 0.29) is 24.1 Å². The molecule has 1 saturated heterocycles. The molecular weight excluding hydrogens is 318 g/mol. The van der Waals surface area contributed by atoms with Crippen LogP contribution in [0.4, 0.5) is 0 Å². The number of carbonyl (C=O) groups is 1. The maximum atomic E-state index is 12.1. The van der Waals surface area contributed by atoms with Gasteiger partial charge in [0.1, 0.15) is 6.54 Å². The molecule has 1 aromatic heterocycles. The Morgan fingerprint density at radius 1 is 1.32 bits per heavy atom. The van der Waals surface area contributed by atoms with E-state index >= 15 is 0 Å². The predicted molar refractivity (Wildman–Crippen MR) is 95.4 cm³/mol. The molecule has 0 aliphatic carbocycles. The van der Waals surface area contributed by atoms with Crippen LogP contribution >= 0.6 is 0 Å². The second kappa shape index (κ2) is 7.61. The van der Waals surface area contributed by atoms with Gasteiger partial charge in [0, 0.05) is 24.8 Å². The maximum Gasteiger partial charge on any atom is 0.267 e. The van der Waals surface area contributed by atoms with E-state index in [9.17, 15) is 9.59 Å². The highest BCUT2D eigenvalue weighted by atomic mass is 16.5. The number of hydrogen-bond donors (Lipinski definition) is 1. The Kier molecular flexibility index (Phi) is 5.28. The van der Waals surface area contributed by atoms with Crippen LogP contribution in [0.5, 0.6) is 0 Å². The Labute approximate surface area is 146 Å². The lowest BCUT2D eigenvalue weighted by atomic mass is 10.0. The van der Waals surface area contributed by atoms with Gasteiger partial charge in [0.2, 0.25) is 5.91 Å². The van der Waals surface area contributed by atoms with E-state index in [1.54, 1.807) is 6.07 Å². The number of amides is 1. The second-order valence-corrected chi connectivity index (χ2v) is 6.47. The quantitative estimate of drug-likeness (QED) is 0.900. The van der Waals surface area contributed by atoms with Crippen LogP contribution in [0.2, 0.25) is 0 Å². The van der Waals surface area contributed by atoms with E-state index in [0.717, 1.165) is 30.6 Å². The number of hydrogen-bond acceptors (Lipinski definition) is 4. The monoisotopic (exact) mass is 341 g/mol. The molecule has 0 bridgehead atoms. The highest BCUT2D eigenvalue weighted by Gasteiger charge is 2.16.